The van der Waals surface area contributed by atoms with Crippen LogP contribution in [0.4, 0.5) is 0 Å². The molecule has 1 rings (SSSR count). The van der Waals surface area contributed by atoms with Crippen LogP contribution < -0.4 is 0 Å². The van der Waals surface area contributed by atoms with Gasteiger partial charge in [0, 0.05) is 12.8 Å². The zero-order valence-electron chi connectivity index (χ0n) is 13.3. The molecule has 1 fully saturated rings. The standard InChI is InChI=1S/C18H34O/c1-16-12-9-7-5-3-4-6-8-10-14-18(19)15-11-13-17(16)2/h16-17H,3-15H2,1-2H3. The Hall–Kier alpha value is -0.330. The summed E-state index contributed by atoms with van der Waals surface area (Å²) in [6.07, 6.45) is 16.2. The van der Waals surface area contributed by atoms with Crippen molar-refractivity contribution in [3.8, 4) is 0 Å². The molecule has 0 aromatic rings. The predicted molar refractivity (Wildman–Crippen MR) is 83.4 cm³/mol. The van der Waals surface area contributed by atoms with Crippen molar-refractivity contribution in [1.29, 1.82) is 0 Å². The lowest BCUT2D eigenvalue weighted by molar-refractivity contribution is -0.119. The molecule has 1 heteroatoms. The molecule has 0 amide bonds. The van der Waals surface area contributed by atoms with Crippen molar-refractivity contribution in [3.05, 3.63) is 0 Å². The Balaban J connectivity index is 2.30. The van der Waals surface area contributed by atoms with Crippen LogP contribution in [0.3, 0.4) is 0 Å². The van der Waals surface area contributed by atoms with E-state index in [4.69, 9.17) is 0 Å². The first-order valence-electron chi connectivity index (χ1n) is 8.72. The molecule has 0 heterocycles. The van der Waals surface area contributed by atoms with Gasteiger partial charge in [0.1, 0.15) is 5.78 Å². The minimum absolute atomic E-state index is 0.506. The third kappa shape index (κ3) is 8.44. The predicted octanol–water partition coefficient (Wildman–Crippen LogP) is 5.91. The summed E-state index contributed by atoms with van der Waals surface area (Å²) in [4.78, 5) is 11.8. The van der Waals surface area contributed by atoms with Gasteiger partial charge in [-0.05, 0) is 24.7 Å². The fourth-order valence-corrected chi connectivity index (χ4v) is 3.16. The highest BCUT2D eigenvalue weighted by molar-refractivity contribution is 5.78. The number of hydrogen-bond acceptors (Lipinski definition) is 1. The van der Waals surface area contributed by atoms with E-state index in [-0.39, 0.29) is 0 Å². The van der Waals surface area contributed by atoms with E-state index in [1.807, 2.05) is 0 Å². The summed E-state index contributed by atoms with van der Waals surface area (Å²) in [7, 11) is 0. The van der Waals surface area contributed by atoms with Gasteiger partial charge in [-0.1, -0.05) is 71.6 Å². The number of carbonyl (C=O) groups is 1. The molecule has 0 N–H and O–H groups in total. The topological polar surface area (TPSA) is 17.1 Å². The summed E-state index contributed by atoms with van der Waals surface area (Å²) in [5, 5.41) is 0. The van der Waals surface area contributed by atoms with E-state index >= 15 is 0 Å². The maximum atomic E-state index is 11.8. The Morgan fingerprint density at radius 2 is 1.05 bits per heavy atom. The van der Waals surface area contributed by atoms with Crippen molar-refractivity contribution >= 4 is 5.78 Å². The maximum absolute atomic E-state index is 11.8. The third-order valence-electron chi connectivity index (χ3n) is 4.95. The highest BCUT2D eigenvalue weighted by Crippen LogP contribution is 2.24. The summed E-state index contributed by atoms with van der Waals surface area (Å²) in [5.41, 5.74) is 0. The largest absolute Gasteiger partial charge is 0.300 e. The summed E-state index contributed by atoms with van der Waals surface area (Å²) >= 11 is 0. The van der Waals surface area contributed by atoms with Crippen LogP contribution in [0.2, 0.25) is 0 Å². The van der Waals surface area contributed by atoms with Crippen molar-refractivity contribution in [2.75, 3.05) is 0 Å². The smallest absolute Gasteiger partial charge is 0.132 e. The van der Waals surface area contributed by atoms with Gasteiger partial charge < -0.3 is 0 Å². The fraction of sp³-hybridized carbons (Fsp3) is 0.944. The summed E-state index contributed by atoms with van der Waals surface area (Å²) in [6.45, 7) is 4.77. The van der Waals surface area contributed by atoms with Crippen LogP contribution in [0.5, 0.6) is 0 Å². The van der Waals surface area contributed by atoms with Gasteiger partial charge in [0.15, 0.2) is 0 Å². The summed E-state index contributed by atoms with van der Waals surface area (Å²) in [6, 6.07) is 0. The van der Waals surface area contributed by atoms with Gasteiger partial charge in [0.2, 0.25) is 0 Å². The van der Waals surface area contributed by atoms with Gasteiger partial charge in [-0.25, -0.2) is 0 Å². The van der Waals surface area contributed by atoms with Crippen LogP contribution in [0, 0.1) is 11.8 Å². The van der Waals surface area contributed by atoms with Gasteiger partial charge in [-0.3, -0.25) is 4.79 Å². The Labute approximate surface area is 120 Å². The van der Waals surface area contributed by atoms with Gasteiger partial charge in [0.25, 0.3) is 0 Å². The molecule has 19 heavy (non-hydrogen) atoms. The van der Waals surface area contributed by atoms with E-state index in [0.29, 0.717) is 5.78 Å². The SMILES string of the molecule is CC1CCCCCCCCCCC(=O)CCCC1C. The van der Waals surface area contributed by atoms with Gasteiger partial charge in [-0.2, -0.15) is 0 Å². The van der Waals surface area contributed by atoms with Crippen LogP contribution in [-0.2, 0) is 4.79 Å². The zero-order chi connectivity index (χ0) is 13.9. The van der Waals surface area contributed by atoms with Crippen molar-refractivity contribution in [2.24, 2.45) is 11.8 Å². The molecule has 2 atom stereocenters. The number of Topliss-reactive ketones (excluding diaryl/α,β-unsaturated/α-hetero) is 1. The van der Waals surface area contributed by atoms with Gasteiger partial charge in [0.05, 0.1) is 0 Å². The molecule has 0 aromatic heterocycles. The molecule has 1 nitrogen and oxygen atoms in total. The van der Waals surface area contributed by atoms with E-state index in [0.717, 1.165) is 37.5 Å². The molecule has 0 aromatic carbocycles. The lowest BCUT2D eigenvalue weighted by Crippen LogP contribution is -2.09. The van der Waals surface area contributed by atoms with E-state index in [9.17, 15) is 4.79 Å². The summed E-state index contributed by atoms with van der Waals surface area (Å²) < 4.78 is 0. The number of ketones is 1. The Bertz CT molecular complexity index is 234. The first kappa shape index (κ1) is 16.7. The van der Waals surface area contributed by atoms with Gasteiger partial charge >= 0.3 is 0 Å². The molecule has 112 valence electrons. The molecule has 0 aliphatic heterocycles. The average Bonchev–Trinajstić information content (AvgIpc) is 2.39. The molecule has 0 spiro atoms. The summed E-state index contributed by atoms with van der Waals surface area (Å²) in [5.74, 6) is 2.13. The van der Waals surface area contributed by atoms with E-state index in [1.165, 1.54) is 57.8 Å². The molecule has 1 aliphatic rings. The van der Waals surface area contributed by atoms with E-state index in [1.54, 1.807) is 0 Å². The second-order valence-electron chi connectivity index (χ2n) is 6.75. The van der Waals surface area contributed by atoms with E-state index in [2.05, 4.69) is 13.8 Å². The van der Waals surface area contributed by atoms with Crippen LogP contribution in [0.25, 0.3) is 0 Å². The lowest BCUT2D eigenvalue weighted by atomic mass is 9.86. The average molecular weight is 266 g/mol. The fourth-order valence-electron chi connectivity index (χ4n) is 3.16. The zero-order valence-corrected chi connectivity index (χ0v) is 13.3. The van der Waals surface area contributed by atoms with Crippen molar-refractivity contribution in [2.45, 2.75) is 97.3 Å². The minimum atomic E-state index is 0.506. The lowest BCUT2D eigenvalue weighted by Gasteiger charge is -2.19. The van der Waals surface area contributed by atoms with Crippen LogP contribution in [0.1, 0.15) is 97.3 Å². The molecule has 2 unspecified atom stereocenters. The van der Waals surface area contributed by atoms with Crippen molar-refractivity contribution < 1.29 is 4.79 Å². The molecule has 1 saturated carbocycles. The second kappa shape index (κ2) is 10.5. The molecular weight excluding hydrogens is 232 g/mol. The molecular formula is C18H34O. The highest BCUT2D eigenvalue weighted by atomic mass is 16.1. The van der Waals surface area contributed by atoms with Crippen LogP contribution in [-0.4, -0.2) is 5.78 Å². The normalized spacial score (nSPS) is 30.1. The van der Waals surface area contributed by atoms with Crippen molar-refractivity contribution in [1.82, 2.24) is 0 Å². The quantitative estimate of drug-likeness (QED) is 0.532. The monoisotopic (exact) mass is 266 g/mol. The first-order valence-corrected chi connectivity index (χ1v) is 8.72. The Kier molecular flexibility index (Phi) is 9.20. The number of carbonyl (C=O) groups excluding carboxylic acids is 1. The maximum Gasteiger partial charge on any atom is 0.132 e. The first-order chi connectivity index (χ1) is 9.20. The number of hydrogen-bond donors (Lipinski definition) is 0. The Morgan fingerprint density at radius 1 is 0.632 bits per heavy atom. The van der Waals surface area contributed by atoms with E-state index < -0.39 is 0 Å². The minimum Gasteiger partial charge on any atom is -0.300 e. The molecule has 1 aliphatic carbocycles. The molecule has 0 saturated heterocycles. The van der Waals surface area contributed by atoms with Crippen LogP contribution >= 0.6 is 0 Å². The highest BCUT2D eigenvalue weighted by Gasteiger charge is 2.12. The third-order valence-corrected chi connectivity index (χ3v) is 4.95. The molecule has 0 bridgehead atoms. The Morgan fingerprint density at radius 3 is 1.68 bits per heavy atom. The molecule has 0 radical (unpaired) electrons. The van der Waals surface area contributed by atoms with Gasteiger partial charge in [-0.15, -0.1) is 0 Å². The van der Waals surface area contributed by atoms with Crippen LogP contribution in [0.15, 0.2) is 0 Å². The van der Waals surface area contributed by atoms with Crippen molar-refractivity contribution in [3.63, 3.8) is 0 Å². The second-order valence-corrected chi connectivity index (χ2v) is 6.75. The number of rotatable bonds is 0.